The van der Waals surface area contributed by atoms with Crippen molar-refractivity contribution in [2.75, 3.05) is 0 Å². The fraction of sp³-hybridized carbons (Fsp3) is 0.286. The minimum atomic E-state index is -0.477. The maximum atomic E-state index is 10.9. The second-order valence-corrected chi connectivity index (χ2v) is 2.40. The molecule has 4 nitrogen and oxygen atoms in total. The first-order valence-corrected chi connectivity index (χ1v) is 3.23. The fourth-order valence-corrected chi connectivity index (χ4v) is 1.05. The van der Waals surface area contributed by atoms with Crippen molar-refractivity contribution in [1.29, 1.82) is 0 Å². The summed E-state index contributed by atoms with van der Waals surface area (Å²) in [6, 6.07) is 1.81. The zero-order chi connectivity index (χ0) is 8.43. The lowest BCUT2D eigenvalue weighted by molar-refractivity contribution is 0.0696. The first kappa shape index (κ1) is 7.81. The van der Waals surface area contributed by atoms with Gasteiger partial charge < -0.3 is 4.57 Å². The molecule has 0 bridgehead atoms. The van der Waals surface area contributed by atoms with E-state index >= 15 is 0 Å². The van der Waals surface area contributed by atoms with Gasteiger partial charge in [-0.1, -0.05) is 0 Å². The summed E-state index contributed by atoms with van der Waals surface area (Å²) in [6.07, 6.45) is 1.76. The summed E-state index contributed by atoms with van der Waals surface area (Å²) >= 11 is 0. The molecule has 0 saturated carbocycles. The molecule has 0 saturated heterocycles. The van der Waals surface area contributed by atoms with Crippen LogP contribution in [0.2, 0.25) is 0 Å². The Bertz CT molecular complexity index is 258. The molecule has 1 heterocycles. The van der Waals surface area contributed by atoms with Crippen LogP contribution < -0.4 is 5.48 Å². The van der Waals surface area contributed by atoms with Crippen LogP contribution in [0.25, 0.3) is 0 Å². The predicted octanol–water partition coefficient (Wildman–Crippen LogP) is 0.453. The van der Waals surface area contributed by atoms with Crippen LogP contribution in [0.3, 0.4) is 0 Å². The van der Waals surface area contributed by atoms with Gasteiger partial charge in [-0.05, 0) is 18.6 Å². The zero-order valence-corrected chi connectivity index (χ0v) is 6.46. The maximum Gasteiger partial charge on any atom is 0.291 e. The van der Waals surface area contributed by atoms with Crippen LogP contribution in [0, 0.1) is 6.92 Å². The molecule has 0 atom stereocenters. The Morgan fingerprint density at radius 2 is 2.36 bits per heavy atom. The van der Waals surface area contributed by atoms with E-state index in [-0.39, 0.29) is 0 Å². The number of nitrogens with zero attached hydrogens (tertiary/aromatic N) is 1. The van der Waals surface area contributed by atoms with Gasteiger partial charge in [0.2, 0.25) is 0 Å². The summed E-state index contributed by atoms with van der Waals surface area (Å²) in [7, 11) is 1.75. The number of amides is 1. The van der Waals surface area contributed by atoms with E-state index < -0.39 is 5.91 Å². The van der Waals surface area contributed by atoms with Gasteiger partial charge in [0.15, 0.2) is 0 Å². The van der Waals surface area contributed by atoms with Gasteiger partial charge in [0.1, 0.15) is 5.69 Å². The molecule has 1 aromatic rings. The number of aromatic nitrogens is 1. The fourth-order valence-electron chi connectivity index (χ4n) is 1.05. The van der Waals surface area contributed by atoms with E-state index in [1.807, 2.05) is 13.0 Å². The van der Waals surface area contributed by atoms with Crippen molar-refractivity contribution in [1.82, 2.24) is 10.0 Å². The first-order valence-electron chi connectivity index (χ1n) is 3.23. The Balaban J connectivity index is 3.10. The number of aryl methyl sites for hydroxylation is 2. The summed E-state index contributed by atoms with van der Waals surface area (Å²) in [5.74, 6) is -0.477. The van der Waals surface area contributed by atoms with E-state index in [1.54, 1.807) is 23.3 Å². The zero-order valence-electron chi connectivity index (χ0n) is 6.46. The number of carbonyl (C=O) groups excluding carboxylic acids is 1. The molecular formula is C7H10N2O2. The second kappa shape index (κ2) is 2.75. The number of hydrogen-bond acceptors (Lipinski definition) is 2. The highest BCUT2D eigenvalue weighted by molar-refractivity contribution is 5.93. The standard InChI is InChI=1S/C7H10N2O2/c1-5-3-4-9(2)6(5)7(10)8-11/h3-4,11H,1-2H3,(H,8,10). The molecule has 1 amide bonds. The molecule has 0 spiro atoms. The summed E-state index contributed by atoms with van der Waals surface area (Å²) < 4.78 is 1.65. The lowest BCUT2D eigenvalue weighted by Crippen LogP contribution is -2.22. The highest BCUT2D eigenvalue weighted by atomic mass is 16.5. The highest BCUT2D eigenvalue weighted by Crippen LogP contribution is 2.06. The van der Waals surface area contributed by atoms with Crippen LogP contribution in [0.5, 0.6) is 0 Å². The summed E-state index contributed by atoms with van der Waals surface area (Å²) in [5, 5.41) is 8.34. The van der Waals surface area contributed by atoms with E-state index in [0.717, 1.165) is 5.56 Å². The maximum absolute atomic E-state index is 10.9. The van der Waals surface area contributed by atoms with Gasteiger partial charge in [-0.25, -0.2) is 5.48 Å². The van der Waals surface area contributed by atoms with Crippen molar-refractivity contribution in [3.63, 3.8) is 0 Å². The van der Waals surface area contributed by atoms with Gasteiger partial charge in [-0.2, -0.15) is 0 Å². The van der Waals surface area contributed by atoms with Crippen molar-refractivity contribution < 1.29 is 10.0 Å². The van der Waals surface area contributed by atoms with Gasteiger partial charge in [-0.3, -0.25) is 10.0 Å². The Hall–Kier alpha value is -1.29. The molecule has 0 aliphatic carbocycles. The van der Waals surface area contributed by atoms with Crippen LogP contribution in [0.4, 0.5) is 0 Å². The molecule has 60 valence electrons. The lowest BCUT2D eigenvalue weighted by Gasteiger charge is -2.01. The van der Waals surface area contributed by atoms with Gasteiger partial charge in [0.25, 0.3) is 5.91 Å². The van der Waals surface area contributed by atoms with E-state index in [9.17, 15) is 4.79 Å². The topological polar surface area (TPSA) is 54.3 Å². The van der Waals surface area contributed by atoms with E-state index in [2.05, 4.69) is 0 Å². The molecule has 0 aliphatic heterocycles. The van der Waals surface area contributed by atoms with Gasteiger partial charge in [0.05, 0.1) is 0 Å². The minimum Gasteiger partial charge on any atom is -0.346 e. The summed E-state index contributed by atoms with van der Waals surface area (Å²) in [4.78, 5) is 10.9. The van der Waals surface area contributed by atoms with Crippen LogP contribution in [0.15, 0.2) is 12.3 Å². The molecule has 1 rings (SSSR count). The third-order valence-corrected chi connectivity index (χ3v) is 1.59. The van der Waals surface area contributed by atoms with E-state index in [4.69, 9.17) is 5.21 Å². The van der Waals surface area contributed by atoms with Crippen molar-refractivity contribution in [3.05, 3.63) is 23.5 Å². The average molecular weight is 154 g/mol. The molecule has 11 heavy (non-hydrogen) atoms. The molecule has 0 aromatic carbocycles. The van der Waals surface area contributed by atoms with E-state index in [0.29, 0.717) is 5.69 Å². The Morgan fingerprint density at radius 1 is 1.73 bits per heavy atom. The normalized spacial score (nSPS) is 9.73. The monoisotopic (exact) mass is 154 g/mol. The molecule has 1 aromatic heterocycles. The number of carbonyl (C=O) groups is 1. The van der Waals surface area contributed by atoms with Crippen LogP contribution in [-0.2, 0) is 7.05 Å². The molecule has 0 radical (unpaired) electrons. The van der Waals surface area contributed by atoms with Crippen LogP contribution >= 0.6 is 0 Å². The predicted molar refractivity (Wildman–Crippen MR) is 39.4 cm³/mol. The Morgan fingerprint density at radius 3 is 2.73 bits per heavy atom. The number of hydrogen-bond donors (Lipinski definition) is 2. The van der Waals surface area contributed by atoms with Crippen molar-refractivity contribution in [3.8, 4) is 0 Å². The van der Waals surface area contributed by atoms with Crippen molar-refractivity contribution in [2.24, 2.45) is 7.05 Å². The summed E-state index contributed by atoms with van der Waals surface area (Å²) in [5.41, 5.74) is 2.91. The average Bonchev–Trinajstić information content (AvgIpc) is 2.30. The van der Waals surface area contributed by atoms with Crippen LogP contribution in [-0.4, -0.2) is 15.7 Å². The van der Waals surface area contributed by atoms with Gasteiger partial charge in [0, 0.05) is 13.2 Å². The highest BCUT2D eigenvalue weighted by Gasteiger charge is 2.10. The third kappa shape index (κ3) is 1.25. The van der Waals surface area contributed by atoms with Crippen molar-refractivity contribution in [2.45, 2.75) is 6.92 Å². The molecule has 2 N–H and O–H groups in total. The largest absolute Gasteiger partial charge is 0.346 e. The molecule has 0 aliphatic rings. The second-order valence-electron chi connectivity index (χ2n) is 2.40. The SMILES string of the molecule is Cc1ccn(C)c1C(=O)NO. The lowest BCUT2D eigenvalue weighted by atomic mass is 10.2. The third-order valence-electron chi connectivity index (χ3n) is 1.59. The quantitative estimate of drug-likeness (QED) is 0.456. The van der Waals surface area contributed by atoms with Gasteiger partial charge in [-0.15, -0.1) is 0 Å². The Labute approximate surface area is 64.4 Å². The smallest absolute Gasteiger partial charge is 0.291 e. The minimum absolute atomic E-state index is 0.477. The van der Waals surface area contributed by atoms with Crippen molar-refractivity contribution >= 4 is 5.91 Å². The van der Waals surface area contributed by atoms with Gasteiger partial charge >= 0.3 is 0 Å². The number of hydroxylamine groups is 1. The van der Waals surface area contributed by atoms with E-state index in [1.165, 1.54) is 0 Å². The molecule has 4 heteroatoms. The first-order chi connectivity index (χ1) is 5.16. The number of rotatable bonds is 1. The van der Waals surface area contributed by atoms with Crippen LogP contribution in [0.1, 0.15) is 16.1 Å². The molecular weight excluding hydrogens is 144 g/mol. The summed E-state index contributed by atoms with van der Waals surface area (Å²) in [6.45, 7) is 1.81. The Kier molecular flexibility index (Phi) is 1.96. The number of nitrogens with one attached hydrogen (secondary N) is 1. The molecule has 0 unspecified atom stereocenters. The molecule has 0 fully saturated rings.